The number of amides is 1. The van der Waals surface area contributed by atoms with E-state index in [9.17, 15) is 18.0 Å². The van der Waals surface area contributed by atoms with Gasteiger partial charge in [-0.25, -0.2) is 18.4 Å². The van der Waals surface area contributed by atoms with Crippen molar-refractivity contribution in [2.45, 2.75) is 18.7 Å². The van der Waals surface area contributed by atoms with Crippen LogP contribution in [0.25, 0.3) is 11.0 Å². The van der Waals surface area contributed by atoms with Gasteiger partial charge in [-0.3, -0.25) is 4.79 Å². The minimum Gasteiger partial charge on any atom is -0.452 e. The SMILES string of the molecule is Cc1cc(C(=O)OCC(=O)Nc2cccc3nsnc23)cc(S(N)(=O)=O)c1C. The molecule has 3 aromatic rings. The molecule has 0 aliphatic heterocycles. The second-order valence-electron chi connectivity index (χ2n) is 6.02. The van der Waals surface area contributed by atoms with Crippen LogP contribution >= 0.6 is 11.7 Å². The van der Waals surface area contributed by atoms with E-state index < -0.39 is 28.5 Å². The van der Waals surface area contributed by atoms with Crippen LogP contribution in [0, 0.1) is 13.8 Å². The van der Waals surface area contributed by atoms with Crippen molar-refractivity contribution in [2.24, 2.45) is 5.14 Å². The quantitative estimate of drug-likeness (QED) is 0.599. The summed E-state index contributed by atoms with van der Waals surface area (Å²) in [5.41, 5.74) is 2.64. The Hall–Kier alpha value is -2.89. The van der Waals surface area contributed by atoms with Gasteiger partial charge in [0, 0.05) is 0 Å². The molecule has 3 rings (SSSR count). The van der Waals surface area contributed by atoms with Crippen LogP contribution in [-0.4, -0.2) is 35.6 Å². The summed E-state index contributed by atoms with van der Waals surface area (Å²) in [4.78, 5) is 24.2. The molecule has 9 nitrogen and oxygen atoms in total. The van der Waals surface area contributed by atoms with E-state index in [1.807, 2.05) is 0 Å². The highest BCUT2D eigenvalue weighted by Gasteiger charge is 2.19. The Labute approximate surface area is 164 Å². The molecular formula is C17H16N4O5S2. The van der Waals surface area contributed by atoms with Crippen molar-refractivity contribution in [3.8, 4) is 0 Å². The lowest BCUT2D eigenvalue weighted by atomic mass is 10.1. The molecule has 1 amide bonds. The maximum absolute atomic E-state index is 12.3. The number of rotatable bonds is 5. The Balaban J connectivity index is 1.71. The van der Waals surface area contributed by atoms with Crippen LogP contribution < -0.4 is 10.5 Å². The molecule has 2 aromatic carbocycles. The fourth-order valence-electron chi connectivity index (χ4n) is 2.55. The Bertz CT molecular complexity index is 1190. The smallest absolute Gasteiger partial charge is 0.338 e. The zero-order valence-corrected chi connectivity index (χ0v) is 16.6. The van der Waals surface area contributed by atoms with E-state index in [1.165, 1.54) is 6.07 Å². The number of nitrogens with zero attached hydrogens (tertiary/aromatic N) is 2. The van der Waals surface area contributed by atoms with Gasteiger partial charge in [0.2, 0.25) is 10.0 Å². The minimum atomic E-state index is -4.00. The summed E-state index contributed by atoms with van der Waals surface area (Å²) in [5.74, 6) is -1.40. The van der Waals surface area contributed by atoms with Crippen molar-refractivity contribution in [3.05, 3.63) is 47.0 Å². The van der Waals surface area contributed by atoms with Gasteiger partial charge in [-0.1, -0.05) is 6.07 Å². The van der Waals surface area contributed by atoms with E-state index in [0.717, 1.165) is 17.8 Å². The predicted octanol–water partition coefficient (Wildman–Crippen LogP) is 1.75. The van der Waals surface area contributed by atoms with E-state index in [1.54, 1.807) is 32.0 Å². The lowest BCUT2D eigenvalue weighted by Gasteiger charge is -2.11. The summed E-state index contributed by atoms with van der Waals surface area (Å²) in [6, 6.07) is 7.75. The molecule has 11 heteroatoms. The number of ether oxygens (including phenoxy) is 1. The number of esters is 1. The highest BCUT2D eigenvalue weighted by Crippen LogP contribution is 2.22. The molecule has 0 aliphatic rings. The average molecular weight is 420 g/mol. The Kier molecular flexibility index (Phi) is 5.40. The first-order valence-electron chi connectivity index (χ1n) is 7.99. The number of nitrogens with one attached hydrogen (secondary N) is 1. The van der Waals surface area contributed by atoms with E-state index in [2.05, 4.69) is 14.1 Å². The van der Waals surface area contributed by atoms with Crippen LogP contribution in [0.5, 0.6) is 0 Å². The first kappa shape index (κ1) is 19.9. The Morgan fingerprint density at radius 2 is 1.96 bits per heavy atom. The summed E-state index contributed by atoms with van der Waals surface area (Å²) in [6.45, 7) is 2.69. The number of benzene rings is 2. The van der Waals surface area contributed by atoms with Crippen molar-refractivity contribution >= 4 is 50.3 Å². The topological polar surface area (TPSA) is 141 Å². The second-order valence-corrected chi connectivity index (χ2v) is 8.08. The maximum Gasteiger partial charge on any atom is 0.338 e. The molecule has 146 valence electrons. The van der Waals surface area contributed by atoms with Crippen molar-refractivity contribution in [1.29, 1.82) is 0 Å². The molecule has 3 N–H and O–H groups in total. The van der Waals surface area contributed by atoms with Gasteiger partial charge in [-0.15, -0.1) is 0 Å². The van der Waals surface area contributed by atoms with Gasteiger partial charge in [0.05, 0.1) is 27.9 Å². The number of hydrogen-bond acceptors (Lipinski definition) is 8. The number of hydrogen-bond donors (Lipinski definition) is 2. The zero-order chi connectivity index (χ0) is 20.5. The van der Waals surface area contributed by atoms with Crippen molar-refractivity contribution in [2.75, 3.05) is 11.9 Å². The van der Waals surface area contributed by atoms with Crippen LogP contribution in [-0.2, 0) is 19.6 Å². The van der Waals surface area contributed by atoms with Crippen LogP contribution in [0.2, 0.25) is 0 Å². The normalized spacial score (nSPS) is 11.4. The largest absolute Gasteiger partial charge is 0.452 e. The monoisotopic (exact) mass is 420 g/mol. The molecule has 0 unspecified atom stereocenters. The molecule has 0 spiro atoms. The fraction of sp³-hybridized carbons (Fsp3) is 0.176. The second kappa shape index (κ2) is 7.62. The first-order chi connectivity index (χ1) is 13.2. The molecule has 0 radical (unpaired) electrons. The summed E-state index contributed by atoms with van der Waals surface area (Å²) < 4.78 is 36.6. The summed E-state index contributed by atoms with van der Waals surface area (Å²) >= 11 is 1.02. The standard InChI is InChI=1S/C17H16N4O5S2/c1-9-6-11(7-14(10(9)2)28(18,24)25)17(23)26-8-15(22)19-12-4-3-5-13-16(12)21-27-20-13/h3-7H,8H2,1-2H3,(H,19,22)(H2,18,24,25). The molecule has 0 aliphatic carbocycles. The summed E-state index contributed by atoms with van der Waals surface area (Å²) in [6.07, 6.45) is 0. The number of nitrogens with two attached hydrogens (primary N) is 1. The van der Waals surface area contributed by atoms with Gasteiger partial charge in [0.25, 0.3) is 5.91 Å². The van der Waals surface area contributed by atoms with Crippen molar-refractivity contribution < 1.29 is 22.7 Å². The number of aromatic nitrogens is 2. The molecule has 0 fully saturated rings. The third kappa shape index (κ3) is 4.16. The van der Waals surface area contributed by atoms with Crippen LogP contribution in [0.3, 0.4) is 0 Å². The van der Waals surface area contributed by atoms with Gasteiger partial charge >= 0.3 is 5.97 Å². The highest BCUT2D eigenvalue weighted by atomic mass is 32.2. The highest BCUT2D eigenvalue weighted by molar-refractivity contribution is 7.89. The molecule has 28 heavy (non-hydrogen) atoms. The van der Waals surface area contributed by atoms with Crippen molar-refractivity contribution in [3.63, 3.8) is 0 Å². The lowest BCUT2D eigenvalue weighted by Crippen LogP contribution is -2.21. The predicted molar refractivity (Wildman–Crippen MR) is 104 cm³/mol. The van der Waals surface area contributed by atoms with Crippen LogP contribution in [0.1, 0.15) is 21.5 Å². The van der Waals surface area contributed by atoms with E-state index in [0.29, 0.717) is 27.8 Å². The Morgan fingerprint density at radius 1 is 1.21 bits per heavy atom. The van der Waals surface area contributed by atoms with Gasteiger partial charge in [0.15, 0.2) is 6.61 Å². The zero-order valence-electron chi connectivity index (χ0n) is 14.9. The number of sulfonamides is 1. The number of aryl methyl sites for hydroxylation is 1. The average Bonchev–Trinajstić information content (AvgIpc) is 3.10. The third-order valence-electron chi connectivity index (χ3n) is 4.06. The summed E-state index contributed by atoms with van der Waals surface area (Å²) in [5, 5.41) is 7.79. The molecule has 0 saturated heterocycles. The molecule has 0 bridgehead atoms. The summed E-state index contributed by atoms with van der Waals surface area (Å²) in [7, 11) is -4.00. The number of carbonyl (C=O) groups is 2. The minimum absolute atomic E-state index is 0.00859. The molecular weight excluding hydrogens is 404 g/mol. The van der Waals surface area contributed by atoms with E-state index >= 15 is 0 Å². The number of anilines is 1. The van der Waals surface area contributed by atoms with Crippen LogP contribution in [0.4, 0.5) is 5.69 Å². The van der Waals surface area contributed by atoms with Gasteiger partial charge in [-0.05, 0) is 49.2 Å². The van der Waals surface area contributed by atoms with Crippen molar-refractivity contribution in [1.82, 2.24) is 8.75 Å². The first-order valence-corrected chi connectivity index (χ1v) is 10.3. The van der Waals surface area contributed by atoms with Crippen LogP contribution in [0.15, 0.2) is 35.2 Å². The number of primary sulfonamides is 1. The van der Waals surface area contributed by atoms with E-state index in [-0.39, 0.29) is 10.5 Å². The third-order valence-corrected chi connectivity index (χ3v) is 5.64. The number of carbonyl (C=O) groups excluding carboxylic acids is 2. The fourth-order valence-corrected chi connectivity index (χ4v) is 3.98. The molecule has 0 saturated carbocycles. The molecule has 1 heterocycles. The van der Waals surface area contributed by atoms with Gasteiger partial charge in [0.1, 0.15) is 11.0 Å². The van der Waals surface area contributed by atoms with Gasteiger partial charge < -0.3 is 10.1 Å². The maximum atomic E-state index is 12.3. The van der Waals surface area contributed by atoms with E-state index in [4.69, 9.17) is 9.88 Å². The van der Waals surface area contributed by atoms with Gasteiger partial charge in [-0.2, -0.15) is 8.75 Å². The molecule has 1 aromatic heterocycles. The Morgan fingerprint density at radius 3 is 2.68 bits per heavy atom. The molecule has 0 atom stereocenters. The number of fused-ring (bicyclic) bond motifs is 1. The lowest BCUT2D eigenvalue weighted by molar-refractivity contribution is -0.119.